The van der Waals surface area contributed by atoms with E-state index in [-0.39, 0.29) is 5.82 Å². The molecule has 0 aromatic carbocycles. The molecule has 112 valence electrons. The fourth-order valence-corrected chi connectivity index (χ4v) is 3.03. The van der Waals surface area contributed by atoms with Crippen LogP contribution in [0.25, 0.3) is 0 Å². The molecular formula is C16H25FN2O. The Morgan fingerprint density at radius 2 is 2.30 bits per heavy atom. The van der Waals surface area contributed by atoms with Crippen molar-refractivity contribution in [2.24, 2.45) is 0 Å². The summed E-state index contributed by atoms with van der Waals surface area (Å²) in [5, 5.41) is 10.1. The molecule has 1 aliphatic heterocycles. The van der Waals surface area contributed by atoms with E-state index in [9.17, 15) is 9.50 Å². The molecule has 4 heteroatoms. The van der Waals surface area contributed by atoms with Gasteiger partial charge in [-0.25, -0.2) is 4.39 Å². The van der Waals surface area contributed by atoms with Gasteiger partial charge in [-0.3, -0.25) is 4.98 Å². The van der Waals surface area contributed by atoms with Crippen molar-refractivity contribution in [3.05, 3.63) is 29.8 Å². The number of pyridine rings is 1. The molecule has 0 saturated carbocycles. The first-order valence-corrected chi connectivity index (χ1v) is 7.74. The van der Waals surface area contributed by atoms with E-state index in [2.05, 4.69) is 16.8 Å². The molecule has 1 fully saturated rings. The van der Waals surface area contributed by atoms with E-state index in [1.165, 1.54) is 44.4 Å². The molecule has 20 heavy (non-hydrogen) atoms. The van der Waals surface area contributed by atoms with Gasteiger partial charge in [0.2, 0.25) is 0 Å². The zero-order chi connectivity index (χ0) is 14.4. The highest BCUT2D eigenvalue weighted by Crippen LogP contribution is 2.23. The molecule has 2 heterocycles. The van der Waals surface area contributed by atoms with Gasteiger partial charge in [0.05, 0.1) is 18.0 Å². The van der Waals surface area contributed by atoms with E-state index >= 15 is 0 Å². The van der Waals surface area contributed by atoms with Crippen LogP contribution in [-0.4, -0.2) is 34.1 Å². The topological polar surface area (TPSA) is 36.4 Å². The van der Waals surface area contributed by atoms with Crippen molar-refractivity contribution in [1.29, 1.82) is 0 Å². The number of halogens is 1. The van der Waals surface area contributed by atoms with Crippen molar-refractivity contribution in [3.8, 4) is 0 Å². The van der Waals surface area contributed by atoms with Gasteiger partial charge in [0.1, 0.15) is 5.82 Å². The van der Waals surface area contributed by atoms with Crippen molar-refractivity contribution >= 4 is 0 Å². The van der Waals surface area contributed by atoms with Crippen LogP contribution in [0.5, 0.6) is 0 Å². The average molecular weight is 280 g/mol. The summed E-state index contributed by atoms with van der Waals surface area (Å²) < 4.78 is 12.8. The van der Waals surface area contributed by atoms with Crippen molar-refractivity contribution in [3.63, 3.8) is 0 Å². The van der Waals surface area contributed by atoms with Crippen LogP contribution < -0.4 is 0 Å². The summed E-state index contributed by atoms with van der Waals surface area (Å²) in [6, 6.07) is 3.59. The van der Waals surface area contributed by atoms with Crippen LogP contribution in [0.15, 0.2) is 18.3 Å². The molecule has 1 aromatic heterocycles. The number of likely N-dealkylation sites (tertiary alicyclic amines) is 1. The predicted octanol–water partition coefficient (Wildman–Crippen LogP) is 3.30. The number of hydrogen-bond donors (Lipinski definition) is 1. The number of rotatable bonds is 6. The Balaban J connectivity index is 1.85. The number of aliphatic hydroxyl groups is 1. The first kappa shape index (κ1) is 15.4. The van der Waals surface area contributed by atoms with Crippen LogP contribution in [0.1, 0.15) is 57.2 Å². The molecule has 1 saturated heterocycles. The number of hydrogen-bond acceptors (Lipinski definition) is 3. The van der Waals surface area contributed by atoms with E-state index in [0.717, 1.165) is 13.1 Å². The van der Waals surface area contributed by atoms with Crippen LogP contribution in [-0.2, 0) is 0 Å². The van der Waals surface area contributed by atoms with Gasteiger partial charge in [-0.15, -0.1) is 0 Å². The number of aliphatic hydroxyl groups excluding tert-OH is 1. The minimum absolute atomic E-state index is 0.361. The van der Waals surface area contributed by atoms with E-state index < -0.39 is 6.10 Å². The fraction of sp³-hybridized carbons (Fsp3) is 0.688. The monoisotopic (exact) mass is 280 g/mol. The third-order valence-corrected chi connectivity index (χ3v) is 4.15. The lowest BCUT2D eigenvalue weighted by Gasteiger charge is -2.36. The number of aromatic nitrogens is 1. The number of piperidine rings is 1. The molecule has 2 unspecified atom stereocenters. The molecule has 0 radical (unpaired) electrons. The summed E-state index contributed by atoms with van der Waals surface area (Å²) in [5.41, 5.74) is 0.565. The fourth-order valence-electron chi connectivity index (χ4n) is 3.03. The average Bonchev–Trinajstić information content (AvgIpc) is 2.47. The Labute approximate surface area is 120 Å². The van der Waals surface area contributed by atoms with Crippen molar-refractivity contribution in [2.45, 2.75) is 57.6 Å². The summed E-state index contributed by atoms with van der Waals surface area (Å²) in [4.78, 5) is 6.45. The van der Waals surface area contributed by atoms with Crippen molar-refractivity contribution in [2.75, 3.05) is 13.1 Å². The summed E-state index contributed by atoms with van der Waals surface area (Å²) in [6.07, 6.45) is 7.54. The molecule has 1 N–H and O–H groups in total. The summed E-state index contributed by atoms with van der Waals surface area (Å²) >= 11 is 0. The summed E-state index contributed by atoms with van der Waals surface area (Å²) in [6.45, 7) is 4.25. The SMILES string of the molecule is CCCC1CCCCN1CCC(O)c1ccc(F)cn1. The van der Waals surface area contributed by atoms with Crippen LogP contribution in [0, 0.1) is 5.82 Å². The molecule has 0 amide bonds. The third kappa shape index (κ3) is 4.25. The van der Waals surface area contributed by atoms with Gasteiger partial charge in [0, 0.05) is 12.6 Å². The molecule has 3 nitrogen and oxygen atoms in total. The van der Waals surface area contributed by atoms with Crippen molar-refractivity contribution < 1.29 is 9.50 Å². The third-order valence-electron chi connectivity index (χ3n) is 4.15. The normalized spacial score (nSPS) is 21.9. The minimum Gasteiger partial charge on any atom is -0.387 e. The lowest BCUT2D eigenvalue weighted by Crippen LogP contribution is -2.40. The first-order valence-electron chi connectivity index (χ1n) is 7.74. The Morgan fingerprint density at radius 3 is 3.00 bits per heavy atom. The lowest BCUT2D eigenvalue weighted by molar-refractivity contribution is 0.0969. The largest absolute Gasteiger partial charge is 0.387 e. The summed E-state index contributed by atoms with van der Waals surface area (Å²) in [5.74, 6) is -0.361. The molecule has 0 aliphatic carbocycles. The van der Waals surface area contributed by atoms with E-state index in [1.54, 1.807) is 6.07 Å². The quantitative estimate of drug-likeness (QED) is 0.868. The highest BCUT2D eigenvalue weighted by atomic mass is 19.1. The molecular weight excluding hydrogens is 255 g/mol. The van der Waals surface area contributed by atoms with Gasteiger partial charge in [0.15, 0.2) is 0 Å². The second-order valence-corrected chi connectivity index (χ2v) is 5.68. The van der Waals surface area contributed by atoms with Gasteiger partial charge in [0.25, 0.3) is 0 Å². The highest BCUT2D eigenvalue weighted by molar-refractivity contribution is 5.08. The van der Waals surface area contributed by atoms with Gasteiger partial charge in [-0.1, -0.05) is 19.8 Å². The Morgan fingerprint density at radius 1 is 1.45 bits per heavy atom. The Bertz CT molecular complexity index is 394. The Hall–Kier alpha value is -1.00. The first-order chi connectivity index (χ1) is 9.70. The Kier molecular flexibility index (Phi) is 5.92. The maximum Gasteiger partial charge on any atom is 0.141 e. The maximum absolute atomic E-state index is 12.8. The molecule has 0 bridgehead atoms. The second-order valence-electron chi connectivity index (χ2n) is 5.68. The van der Waals surface area contributed by atoms with E-state index in [4.69, 9.17) is 0 Å². The van der Waals surface area contributed by atoms with Gasteiger partial charge < -0.3 is 10.0 Å². The zero-order valence-electron chi connectivity index (χ0n) is 12.3. The molecule has 0 spiro atoms. The van der Waals surface area contributed by atoms with Gasteiger partial charge >= 0.3 is 0 Å². The standard InChI is InChI=1S/C16H25FN2O/c1-2-5-14-6-3-4-10-19(14)11-9-16(20)15-8-7-13(17)12-18-15/h7-8,12,14,16,20H,2-6,9-11H2,1H3. The zero-order valence-corrected chi connectivity index (χ0v) is 12.3. The van der Waals surface area contributed by atoms with Crippen molar-refractivity contribution in [1.82, 2.24) is 9.88 Å². The molecule has 1 aliphatic rings. The molecule has 1 aromatic rings. The van der Waals surface area contributed by atoms with Crippen LogP contribution in [0.4, 0.5) is 4.39 Å². The predicted molar refractivity (Wildman–Crippen MR) is 77.9 cm³/mol. The molecule has 2 rings (SSSR count). The van der Waals surface area contributed by atoms with Gasteiger partial charge in [-0.05, 0) is 44.4 Å². The van der Waals surface area contributed by atoms with Crippen LogP contribution >= 0.6 is 0 Å². The van der Waals surface area contributed by atoms with E-state index in [0.29, 0.717) is 18.2 Å². The molecule has 2 atom stereocenters. The second kappa shape index (κ2) is 7.70. The highest BCUT2D eigenvalue weighted by Gasteiger charge is 2.22. The summed E-state index contributed by atoms with van der Waals surface area (Å²) in [7, 11) is 0. The van der Waals surface area contributed by atoms with Crippen LogP contribution in [0.2, 0.25) is 0 Å². The van der Waals surface area contributed by atoms with E-state index in [1.807, 2.05) is 0 Å². The maximum atomic E-state index is 12.8. The van der Waals surface area contributed by atoms with Crippen LogP contribution in [0.3, 0.4) is 0 Å². The smallest absolute Gasteiger partial charge is 0.141 e. The lowest BCUT2D eigenvalue weighted by atomic mass is 9.97. The van der Waals surface area contributed by atoms with Gasteiger partial charge in [-0.2, -0.15) is 0 Å². The number of nitrogens with zero attached hydrogens (tertiary/aromatic N) is 2. The minimum atomic E-state index is -0.597.